The summed E-state index contributed by atoms with van der Waals surface area (Å²) in [4.78, 5) is 11.5. The first-order chi connectivity index (χ1) is 10.8. The van der Waals surface area contributed by atoms with Crippen LogP contribution in [0.15, 0.2) is 41.0 Å². The lowest BCUT2D eigenvalue weighted by atomic mass is 10.1. The molecule has 0 aliphatic heterocycles. The van der Waals surface area contributed by atoms with Crippen molar-refractivity contribution in [2.45, 2.75) is 6.54 Å². The van der Waals surface area contributed by atoms with Gasteiger partial charge in [-0.2, -0.15) is 0 Å². The van der Waals surface area contributed by atoms with Crippen LogP contribution in [-0.2, 0) is 16.4 Å². The van der Waals surface area contributed by atoms with E-state index in [2.05, 4.69) is 10.6 Å². The van der Waals surface area contributed by atoms with Gasteiger partial charge in [0.15, 0.2) is 0 Å². The molecule has 0 atom stereocenters. The molecule has 6 nitrogen and oxygen atoms in total. The molecule has 0 radical (unpaired) electrons. The maximum Gasteiger partial charge on any atom is 0.315 e. The molecule has 0 aliphatic rings. The minimum atomic E-state index is -3.13. The lowest BCUT2D eigenvalue weighted by Gasteiger charge is -2.08. The van der Waals surface area contributed by atoms with Gasteiger partial charge in [-0.05, 0) is 18.2 Å². The van der Waals surface area contributed by atoms with E-state index in [1.807, 2.05) is 0 Å². The standard InChI is InChI=1S/C15H17FN2O4S/c1-23(20,21)8-6-17-15(19)18-10-12-5-4-11(9-13(12)16)14-3-2-7-22-14/h2-5,7,9H,6,8,10H2,1H3,(H2,17,18,19). The van der Waals surface area contributed by atoms with Crippen LogP contribution in [0.2, 0.25) is 0 Å². The van der Waals surface area contributed by atoms with Gasteiger partial charge >= 0.3 is 6.03 Å². The molecule has 0 fully saturated rings. The third-order valence-corrected chi connectivity index (χ3v) is 4.00. The highest BCUT2D eigenvalue weighted by Gasteiger charge is 2.09. The van der Waals surface area contributed by atoms with E-state index in [0.717, 1.165) is 6.26 Å². The first kappa shape index (κ1) is 17.0. The molecule has 2 aromatic rings. The van der Waals surface area contributed by atoms with Gasteiger partial charge in [0.1, 0.15) is 21.4 Å². The maximum atomic E-state index is 14.0. The number of rotatable bonds is 6. The quantitative estimate of drug-likeness (QED) is 0.841. The van der Waals surface area contributed by atoms with Gasteiger partial charge in [0, 0.05) is 30.5 Å². The summed E-state index contributed by atoms with van der Waals surface area (Å²) in [5.74, 6) is -0.0515. The van der Waals surface area contributed by atoms with Gasteiger partial charge in [0.25, 0.3) is 0 Å². The Bertz CT molecular complexity index is 773. The molecule has 0 aliphatic carbocycles. The Balaban J connectivity index is 1.87. The fraction of sp³-hybridized carbons (Fsp3) is 0.267. The van der Waals surface area contributed by atoms with Crippen molar-refractivity contribution in [1.82, 2.24) is 10.6 Å². The van der Waals surface area contributed by atoms with E-state index in [-0.39, 0.29) is 18.8 Å². The molecule has 0 saturated carbocycles. The Hall–Kier alpha value is -2.35. The van der Waals surface area contributed by atoms with Gasteiger partial charge in [-0.15, -0.1) is 0 Å². The van der Waals surface area contributed by atoms with Crippen LogP contribution < -0.4 is 10.6 Å². The average molecular weight is 340 g/mol. The number of hydrogen-bond donors (Lipinski definition) is 2. The number of carbonyl (C=O) groups is 1. The van der Waals surface area contributed by atoms with Crippen molar-refractivity contribution in [3.8, 4) is 11.3 Å². The highest BCUT2D eigenvalue weighted by molar-refractivity contribution is 7.90. The predicted molar refractivity (Wildman–Crippen MR) is 84.1 cm³/mol. The third kappa shape index (κ3) is 5.41. The van der Waals surface area contributed by atoms with Crippen molar-refractivity contribution < 1.29 is 22.0 Å². The Labute approximate surface area is 133 Å². The Morgan fingerprint density at radius 2 is 2.04 bits per heavy atom. The second-order valence-corrected chi connectivity index (χ2v) is 7.28. The molecule has 0 spiro atoms. The fourth-order valence-electron chi connectivity index (χ4n) is 1.87. The number of benzene rings is 1. The van der Waals surface area contributed by atoms with Gasteiger partial charge < -0.3 is 15.1 Å². The van der Waals surface area contributed by atoms with E-state index in [0.29, 0.717) is 16.9 Å². The predicted octanol–water partition coefficient (Wildman–Crippen LogP) is 1.93. The van der Waals surface area contributed by atoms with Gasteiger partial charge in [0.05, 0.1) is 12.0 Å². The second kappa shape index (κ2) is 7.28. The van der Waals surface area contributed by atoms with Crippen molar-refractivity contribution >= 4 is 15.9 Å². The Morgan fingerprint density at radius 3 is 2.65 bits per heavy atom. The zero-order valence-electron chi connectivity index (χ0n) is 12.5. The first-order valence-corrected chi connectivity index (χ1v) is 8.93. The summed E-state index contributed by atoms with van der Waals surface area (Å²) in [5, 5.41) is 4.87. The van der Waals surface area contributed by atoms with E-state index in [1.54, 1.807) is 24.3 Å². The number of nitrogens with one attached hydrogen (secondary N) is 2. The Kier molecular flexibility index (Phi) is 5.38. The van der Waals surface area contributed by atoms with Crippen LogP contribution in [0, 0.1) is 5.82 Å². The zero-order valence-corrected chi connectivity index (χ0v) is 13.3. The molecule has 1 aromatic heterocycles. The number of amides is 2. The van der Waals surface area contributed by atoms with Crippen LogP contribution in [0.5, 0.6) is 0 Å². The maximum absolute atomic E-state index is 14.0. The van der Waals surface area contributed by atoms with E-state index < -0.39 is 21.7 Å². The van der Waals surface area contributed by atoms with E-state index >= 15 is 0 Å². The third-order valence-electron chi connectivity index (χ3n) is 3.06. The molecule has 0 unspecified atom stereocenters. The molecular formula is C15H17FN2O4S. The summed E-state index contributed by atoms with van der Waals surface area (Å²) in [6, 6.07) is 7.47. The van der Waals surface area contributed by atoms with Crippen molar-refractivity contribution in [2.75, 3.05) is 18.6 Å². The molecule has 2 amide bonds. The number of carbonyl (C=O) groups excluding carboxylic acids is 1. The van der Waals surface area contributed by atoms with Crippen molar-refractivity contribution in [2.24, 2.45) is 0 Å². The van der Waals surface area contributed by atoms with E-state index in [1.165, 1.54) is 12.3 Å². The molecular weight excluding hydrogens is 323 g/mol. The summed E-state index contributed by atoms with van der Waals surface area (Å²) in [7, 11) is -3.13. The monoisotopic (exact) mass is 340 g/mol. The summed E-state index contributed by atoms with van der Waals surface area (Å²) in [6.45, 7) is -0.000440. The van der Waals surface area contributed by atoms with Gasteiger partial charge in [-0.25, -0.2) is 17.6 Å². The highest BCUT2D eigenvalue weighted by Crippen LogP contribution is 2.22. The summed E-state index contributed by atoms with van der Waals surface area (Å²) < 4.78 is 41.1. The van der Waals surface area contributed by atoms with Crippen LogP contribution in [0.4, 0.5) is 9.18 Å². The van der Waals surface area contributed by atoms with Gasteiger partial charge in [-0.3, -0.25) is 0 Å². The van der Waals surface area contributed by atoms with Crippen LogP contribution in [0.25, 0.3) is 11.3 Å². The molecule has 124 valence electrons. The normalized spacial score (nSPS) is 11.2. The number of halogens is 1. The molecule has 1 heterocycles. The number of sulfone groups is 1. The fourth-order valence-corrected chi connectivity index (χ4v) is 2.35. The summed E-state index contributed by atoms with van der Waals surface area (Å²) in [5.41, 5.74) is 0.924. The number of furan rings is 1. The molecule has 0 bridgehead atoms. The molecule has 2 rings (SSSR count). The van der Waals surface area contributed by atoms with E-state index in [4.69, 9.17) is 4.42 Å². The smallest absolute Gasteiger partial charge is 0.315 e. The summed E-state index contributed by atoms with van der Waals surface area (Å²) in [6.07, 6.45) is 2.59. The van der Waals surface area contributed by atoms with Crippen LogP contribution in [0.1, 0.15) is 5.56 Å². The zero-order chi connectivity index (χ0) is 16.9. The SMILES string of the molecule is CS(=O)(=O)CCNC(=O)NCc1ccc(-c2ccco2)cc1F. The first-order valence-electron chi connectivity index (χ1n) is 6.87. The van der Waals surface area contributed by atoms with Crippen LogP contribution in [-0.4, -0.2) is 33.0 Å². The number of hydrogen-bond acceptors (Lipinski definition) is 4. The highest BCUT2D eigenvalue weighted by atomic mass is 32.2. The Morgan fingerprint density at radius 1 is 1.26 bits per heavy atom. The van der Waals surface area contributed by atoms with Gasteiger partial charge in [-0.1, -0.05) is 12.1 Å². The van der Waals surface area contributed by atoms with Crippen molar-refractivity contribution in [1.29, 1.82) is 0 Å². The van der Waals surface area contributed by atoms with Gasteiger partial charge in [0.2, 0.25) is 0 Å². The van der Waals surface area contributed by atoms with Crippen LogP contribution in [0.3, 0.4) is 0 Å². The molecule has 8 heteroatoms. The molecule has 1 aromatic carbocycles. The molecule has 23 heavy (non-hydrogen) atoms. The molecule has 0 saturated heterocycles. The topological polar surface area (TPSA) is 88.4 Å². The van der Waals surface area contributed by atoms with E-state index in [9.17, 15) is 17.6 Å². The second-order valence-electron chi connectivity index (χ2n) is 5.02. The lowest BCUT2D eigenvalue weighted by molar-refractivity contribution is 0.241. The minimum absolute atomic E-state index is 0.00454. The number of urea groups is 1. The minimum Gasteiger partial charge on any atom is -0.464 e. The average Bonchev–Trinajstić information content (AvgIpc) is 2.98. The van der Waals surface area contributed by atoms with Crippen molar-refractivity contribution in [3.63, 3.8) is 0 Å². The van der Waals surface area contributed by atoms with Crippen LogP contribution >= 0.6 is 0 Å². The lowest BCUT2D eigenvalue weighted by Crippen LogP contribution is -2.37. The van der Waals surface area contributed by atoms with Crippen molar-refractivity contribution in [3.05, 3.63) is 48.0 Å². The summed E-state index contributed by atoms with van der Waals surface area (Å²) >= 11 is 0. The molecule has 2 N–H and O–H groups in total. The largest absolute Gasteiger partial charge is 0.464 e.